The molecule has 112 valence electrons. The molecular formula is C10H16N4O4S2. The van der Waals surface area contributed by atoms with Crippen LogP contribution in [0.4, 0.5) is 5.69 Å². The summed E-state index contributed by atoms with van der Waals surface area (Å²) in [5.74, 6) is 0. The number of piperazine rings is 1. The molecule has 4 N–H and O–H groups in total. The smallest absolute Gasteiger partial charge is 0.301 e. The second-order valence-corrected chi connectivity index (χ2v) is 7.56. The van der Waals surface area contributed by atoms with Gasteiger partial charge in [0.05, 0.1) is 4.90 Å². The SMILES string of the molecule is NS(=O)(=O)c1ccc(NS(=O)(=O)N2CCNCC2)cc1. The first-order chi connectivity index (χ1) is 9.29. The van der Waals surface area contributed by atoms with Crippen LogP contribution in [0.3, 0.4) is 0 Å². The molecule has 1 saturated heterocycles. The van der Waals surface area contributed by atoms with Crippen molar-refractivity contribution in [2.75, 3.05) is 30.9 Å². The number of anilines is 1. The summed E-state index contributed by atoms with van der Waals surface area (Å²) in [7, 11) is -7.40. The highest BCUT2D eigenvalue weighted by Gasteiger charge is 2.23. The van der Waals surface area contributed by atoms with Crippen LogP contribution in [0.5, 0.6) is 0 Å². The van der Waals surface area contributed by atoms with Gasteiger partial charge < -0.3 is 5.32 Å². The van der Waals surface area contributed by atoms with Gasteiger partial charge in [0.2, 0.25) is 10.0 Å². The van der Waals surface area contributed by atoms with Crippen molar-refractivity contribution in [1.82, 2.24) is 9.62 Å². The summed E-state index contributed by atoms with van der Waals surface area (Å²) in [6, 6.07) is 5.23. The largest absolute Gasteiger partial charge is 0.314 e. The van der Waals surface area contributed by atoms with E-state index in [1.807, 2.05) is 0 Å². The van der Waals surface area contributed by atoms with Crippen molar-refractivity contribution in [3.63, 3.8) is 0 Å². The third kappa shape index (κ3) is 3.67. The Balaban J connectivity index is 2.13. The summed E-state index contributed by atoms with van der Waals surface area (Å²) in [6.45, 7) is 1.99. The maximum absolute atomic E-state index is 12.1. The third-order valence-corrected chi connectivity index (χ3v) is 5.31. The summed E-state index contributed by atoms with van der Waals surface area (Å²) in [5, 5.41) is 8.03. The molecule has 1 aliphatic rings. The first-order valence-corrected chi connectivity index (χ1v) is 8.89. The van der Waals surface area contributed by atoms with Crippen molar-refractivity contribution in [3.8, 4) is 0 Å². The lowest BCUT2D eigenvalue weighted by Gasteiger charge is -2.26. The van der Waals surface area contributed by atoms with Gasteiger partial charge in [-0.1, -0.05) is 0 Å². The molecule has 1 aliphatic heterocycles. The van der Waals surface area contributed by atoms with E-state index in [2.05, 4.69) is 10.0 Å². The van der Waals surface area contributed by atoms with Crippen molar-refractivity contribution >= 4 is 25.9 Å². The summed E-state index contributed by atoms with van der Waals surface area (Å²) >= 11 is 0. The number of nitrogens with two attached hydrogens (primary N) is 1. The number of sulfonamides is 1. The number of hydrogen-bond donors (Lipinski definition) is 3. The number of benzene rings is 1. The molecule has 1 heterocycles. The van der Waals surface area contributed by atoms with Crippen LogP contribution in [0, 0.1) is 0 Å². The molecule has 10 heteroatoms. The molecule has 1 aromatic rings. The van der Waals surface area contributed by atoms with Crippen LogP contribution in [0.15, 0.2) is 29.2 Å². The summed E-state index contributed by atoms with van der Waals surface area (Å²) in [4.78, 5) is -0.0670. The lowest BCUT2D eigenvalue weighted by Crippen LogP contribution is -2.48. The number of primary sulfonamides is 1. The zero-order valence-electron chi connectivity index (χ0n) is 10.6. The molecule has 0 unspecified atom stereocenters. The van der Waals surface area contributed by atoms with Gasteiger partial charge in [-0.2, -0.15) is 12.7 Å². The fourth-order valence-electron chi connectivity index (χ4n) is 1.81. The van der Waals surface area contributed by atoms with E-state index in [9.17, 15) is 16.8 Å². The van der Waals surface area contributed by atoms with Crippen molar-refractivity contribution in [3.05, 3.63) is 24.3 Å². The van der Waals surface area contributed by atoms with E-state index in [4.69, 9.17) is 5.14 Å². The molecule has 0 atom stereocenters. The van der Waals surface area contributed by atoms with Crippen molar-refractivity contribution in [2.45, 2.75) is 4.90 Å². The Labute approximate surface area is 118 Å². The van der Waals surface area contributed by atoms with Crippen LogP contribution in [-0.2, 0) is 20.2 Å². The minimum absolute atomic E-state index is 0.0670. The Hall–Kier alpha value is -1.20. The lowest BCUT2D eigenvalue weighted by atomic mass is 10.3. The van der Waals surface area contributed by atoms with Crippen LogP contribution >= 0.6 is 0 Å². The molecule has 0 radical (unpaired) electrons. The number of rotatable bonds is 4. The summed E-state index contributed by atoms with van der Waals surface area (Å²) in [5.41, 5.74) is 0.288. The third-order valence-electron chi connectivity index (χ3n) is 2.85. The molecule has 8 nitrogen and oxygen atoms in total. The molecule has 0 saturated carbocycles. The van der Waals surface area contributed by atoms with E-state index < -0.39 is 20.2 Å². The van der Waals surface area contributed by atoms with Crippen LogP contribution in [0.2, 0.25) is 0 Å². The summed E-state index contributed by atoms with van der Waals surface area (Å²) in [6.07, 6.45) is 0. The number of nitrogens with zero attached hydrogens (tertiary/aromatic N) is 1. The van der Waals surface area contributed by atoms with Gasteiger partial charge in [-0.15, -0.1) is 0 Å². The first kappa shape index (κ1) is 15.2. The number of hydrogen-bond acceptors (Lipinski definition) is 5. The van der Waals surface area contributed by atoms with E-state index in [-0.39, 0.29) is 10.6 Å². The molecule has 0 bridgehead atoms. The van der Waals surface area contributed by atoms with Gasteiger partial charge in [-0.05, 0) is 24.3 Å². The zero-order chi connectivity index (χ0) is 14.8. The molecule has 0 amide bonds. The maximum Gasteiger partial charge on any atom is 0.301 e. The fraction of sp³-hybridized carbons (Fsp3) is 0.400. The standard InChI is InChI=1S/C10H16N4O4S2/c11-19(15,16)10-3-1-9(2-4-10)13-20(17,18)14-7-5-12-6-8-14/h1-4,12-13H,5-8H2,(H2,11,15,16). The van der Waals surface area contributed by atoms with Crippen molar-refractivity contribution < 1.29 is 16.8 Å². The average Bonchev–Trinajstić information content (AvgIpc) is 2.39. The van der Waals surface area contributed by atoms with Gasteiger partial charge in [-0.25, -0.2) is 13.6 Å². The van der Waals surface area contributed by atoms with Gasteiger partial charge in [0.15, 0.2) is 0 Å². The molecule has 0 aliphatic carbocycles. The van der Waals surface area contributed by atoms with Gasteiger partial charge in [-0.3, -0.25) is 4.72 Å². The minimum atomic E-state index is -3.78. The maximum atomic E-state index is 12.1. The van der Waals surface area contributed by atoms with E-state index in [1.54, 1.807) is 0 Å². The molecule has 0 aromatic heterocycles. The Bertz CT molecular complexity index is 664. The summed E-state index contributed by atoms with van der Waals surface area (Å²) < 4.78 is 50.1. The topological polar surface area (TPSA) is 122 Å². The average molecular weight is 320 g/mol. The normalized spacial score (nSPS) is 17.9. The van der Waals surface area contributed by atoms with E-state index >= 15 is 0 Å². The Morgan fingerprint density at radius 3 is 2.10 bits per heavy atom. The number of nitrogens with one attached hydrogen (secondary N) is 2. The zero-order valence-corrected chi connectivity index (χ0v) is 12.2. The molecule has 1 fully saturated rings. The highest BCUT2D eigenvalue weighted by Crippen LogP contribution is 2.15. The minimum Gasteiger partial charge on any atom is -0.314 e. The molecule has 0 spiro atoms. The molecule has 20 heavy (non-hydrogen) atoms. The van der Waals surface area contributed by atoms with Gasteiger partial charge in [0.1, 0.15) is 0 Å². The van der Waals surface area contributed by atoms with E-state index in [1.165, 1.54) is 28.6 Å². The highest BCUT2D eigenvalue weighted by atomic mass is 32.2. The van der Waals surface area contributed by atoms with Crippen LogP contribution in [-0.4, -0.2) is 47.3 Å². The van der Waals surface area contributed by atoms with Crippen LogP contribution < -0.4 is 15.2 Å². The Kier molecular flexibility index (Phi) is 4.30. The molecular weight excluding hydrogens is 304 g/mol. The molecule has 2 rings (SSSR count). The highest BCUT2D eigenvalue weighted by molar-refractivity contribution is 7.90. The second kappa shape index (κ2) is 5.66. The Morgan fingerprint density at radius 2 is 1.60 bits per heavy atom. The predicted octanol–water partition coefficient (Wildman–Crippen LogP) is -1.10. The van der Waals surface area contributed by atoms with Gasteiger partial charge in [0.25, 0.3) is 0 Å². The lowest BCUT2D eigenvalue weighted by molar-refractivity contribution is 0.362. The van der Waals surface area contributed by atoms with Crippen molar-refractivity contribution in [1.29, 1.82) is 0 Å². The van der Waals surface area contributed by atoms with Crippen LogP contribution in [0.25, 0.3) is 0 Å². The van der Waals surface area contributed by atoms with Gasteiger partial charge >= 0.3 is 10.2 Å². The van der Waals surface area contributed by atoms with Crippen LogP contribution in [0.1, 0.15) is 0 Å². The van der Waals surface area contributed by atoms with E-state index in [0.29, 0.717) is 26.2 Å². The monoisotopic (exact) mass is 320 g/mol. The predicted molar refractivity (Wildman–Crippen MR) is 74.8 cm³/mol. The molecule has 1 aromatic carbocycles. The van der Waals surface area contributed by atoms with Crippen molar-refractivity contribution in [2.24, 2.45) is 5.14 Å². The second-order valence-electron chi connectivity index (χ2n) is 4.33. The van der Waals surface area contributed by atoms with E-state index in [0.717, 1.165) is 0 Å². The first-order valence-electron chi connectivity index (χ1n) is 5.90. The quantitative estimate of drug-likeness (QED) is 0.650. The van der Waals surface area contributed by atoms with Gasteiger partial charge in [0, 0.05) is 31.9 Å². The Morgan fingerprint density at radius 1 is 1.05 bits per heavy atom. The fourth-order valence-corrected chi connectivity index (χ4v) is 3.55.